The van der Waals surface area contributed by atoms with E-state index in [0.29, 0.717) is 27.9 Å². The molecule has 2 N–H and O–H groups in total. The van der Waals surface area contributed by atoms with Crippen molar-refractivity contribution in [3.05, 3.63) is 35.0 Å². The molecular weight excluding hydrogens is 418 g/mol. The molecule has 8 nitrogen and oxygen atoms in total. The van der Waals surface area contributed by atoms with E-state index in [1.54, 1.807) is 19.1 Å². The smallest absolute Gasteiger partial charge is 0.337 e. The summed E-state index contributed by atoms with van der Waals surface area (Å²) in [6, 6.07) is 4.83. The summed E-state index contributed by atoms with van der Waals surface area (Å²) < 4.78 is 16.2. The van der Waals surface area contributed by atoms with Gasteiger partial charge in [0.05, 0.1) is 25.8 Å². The van der Waals surface area contributed by atoms with Gasteiger partial charge in [-0.05, 0) is 49.7 Å². The normalized spacial score (nSPS) is 19.1. The van der Waals surface area contributed by atoms with Crippen LogP contribution in [-0.4, -0.2) is 55.8 Å². The lowest BCUT2D eigenvalue weighted by molar-refractivity contribution is -0.136. The van der Waals surface area contributed by atoms with Crippen molar-refractivity contribution in [2.45, 2.75) is 38.6 Å². The summed E-state index contributed by atoms with van der Waals surface area (Å²) in [6.07, 6.45) is 4.39. The Labute approximate surface area is 187 Å². The van der Waals surface area contributed by atoms with Crippen molar-refractivity contribution < 1.29 is 23.8 Å². The molecule has 3 rings (SSSR count). The van der Waals surface area contributed by atoms with Crippen LogP contribution >= 0.6 is 12.2 Å². The van der Waals surface area contributed by atoms with Gasteiger partial charge in [-0.15, -0.1) is 0 Å². The molecule has 1 fully saturated rings. The van der Waals surface area contributed by atoms with E-state index >= 15 is 0 Å². The van der Waals surface area contributed by atoms with Gasteiger partial charge in [0.15, 0.2) is 23.2 Å². The van der Waals surface area contributed by atoms with Crippen LogP contribution in [0.4, 0.5) is 0 Å². The van der Waals surface area contributed by atoms with Gasteiger partial charge >= 0.3 is 5.97 Å². The number of amides is 1. The van der Waals surface area contributed by atoms with Crippen LogP contribution in [0.5, 0.6) is 11.5 Å². The van der Waals surface area contributed by atoms with Crippen molar-refractivity contribution in [3.8, 4) is 11.5 Å². The van der Waals surface area contributed by atoms with E-state index in [1.807, 2.05) is 11.0 Å². The summed E-state index contributed by atoms with van der Waals surface area (Å²) in [5.41, 5.74) is 1.82. The maximum absolute atomic E-state index is 12.5. The Morgan fingerprint density at radius 3 is 2.48 bits per heavy atom. The molecule has 1 unspecified atom stereocenters. The van der Waals surface area contributed by atoms with Gasteiger partial charge in [-0.2, -0.15) is 0 Å². The molecule has 1 atom stereocenters. The summed E-state index contributed by atoms with van der Waals surface area (Å²) in [5.74, 6) is 0.456. The molecule has 0 radical (unpaired) electrons. The highest BCUT2D eigenvalue weighted by Gasteiger charge is 2.31. The number of thiocarbonyl (C=S) groups is 1. The van der Waals surface area contributed by atoms with E-state index in [1.165, 1.54) is 14.2 Å². The second-order valence-electron chi connectivity index (χ2n) is 7.56. The molecule has 2 aliphatic heterocycles. The van der Waals surface area contributed by atoms with Crippen molar-refractivity contribution in [2.24, 2.45) is 0 Å². The fraction of sp³-hybridized carbons (Fsp3) is 0.500. The van der Waals surface area contributed by atoms with E-state index < -0.39 is 12.0 Å². The van der Waals surface area contributed by atoms with Gasteiger partial charge in [0, 0.05) is 18.8 Å². The minimum Gasteiger partial charge on any atom is -0.493 e. The third-order valence-electron chi connectivity index (χ3n) is 5.51. The molecule has 1 amide bonds. The van der Waals surface area contributed by atoms with Crippen molar-refractivity contribution in [1.82, 2.24) is 15.5 Å². The van der Waals surface area contributed by atoms with Gasteiger partial charge in [0.2, 0.25) is 0 Å². The first-order chi connectivity index (χ1) is 14.9. The first-order valence-electron chi connectivity index (χ1n) is 10.4. The average Bonchev–Trinajstić information content (AvgIpc) is 3.06. The number of methoxy groups -OCH3 is 2. The molecule has 31 heavy (non-hydrogen) atoms. The number of nitrogens with zero attached hydrogens (tertiary/aromatic N) is 1. The van der Waals surface area contributed by atoms with Crippen LogP contribution in [0.2, 0.25) is 0 Å². The summed E-state index contributed by atoms with van der Waals surface area (Å²) in [7, 11) is 2.87. The topological polar surface area (TPSA) is 89.1 Å². The fourth-order valence-electron chi connectivity index (χ4n) is 3.86. The van der Waals surface area contributed by atoms with E-state index in [0.717, 1.165) is 44.3 Å². The third kappa shape index (κ3) is 5.46. The molecule has 0 bridgehead atoms. The van der Waals surface area contributed by atoms with Gasteiger partial charge in [-0.25, -0.2) is 4.79 Å². The molecular formula is C22H29N3O5S. The molecule has 0 aliphatic carbocycles. The highest BCUT2D eigenvalue weighted by atomic mass is 32.1. The number of ether oxygens (including phenoxy) is 3. The Kier molecular flexibility index (Phi) is 7.73. The molecule has 168 valence electrons. The zero-order chi connectivity index (χ0) is 22.4. The van der Waals surface area contributed by atoms with Crippen molar-refractivity contribution in [1.29, 1.82) is 0 Å². The number of benzene rings is 1. The Morgan fingerprint density at radius 1 is 1.13 bits per heavy atom. The van der Waals surface area contributed by atoms with Crippen LogP contribution in [0.3, 0.4) is 0 Å². The zero-order valence-electron chi connectivity index (χ0n) is 18.2. The Balaban J connectivity index is 1.77. The molecule has 9 heteroatoms. The second-order valence-corrected chi connectivity index (χ2v) is 7.96. The number of carbonyl (C=O) groups excluding carboxylic acids is 2. The molecule has 0 saturated carbocycles. The van der Waals surface area contributed by atoms with Crippen LogP contribution in [0, 0.1) is 0 Å². The highest BCUT2D eigenvalue weighted by molar-refractivity contribution is 7.80. The predicted molar refractivity (Wildman–Crippen MR) is 120 cm³/mol. The molecule has 0 aromatic heterocycles. The predicted octanol–water partition coefficient (Wildman–Crippen LogP) is 2.44. The van der Waals surface area contributed by atoms with E-state index in [-0.39, 0.29) is 12.5 Å². The lowest BCUT2D eigenvalue weighted by Crippen LogP contribution is -2.45. The van der Waals surface area contributed by atoms with Crippen LogP contribution in [0.25, 0.3) is 0 Å². The van der Waals surface area contributed by atoms with Crippen molar-refractivity contribution >= 4 is 29.2 Å². The maximum atomic E-state index is 12.5. The van der Waals surface area contributed by atoms with E-state index in [2.05, 4.69) is 10.6 Å². The summed E-state index contributed by atoms with van der Waals surface area (Å²) in [4.78, 5) is 26.7. The lowest BCUT2D eigenvalue weighted by Gasteiger charge is -2.30. The number of likely N-dealkylation sites (tertiary alicyclic amines) is 1. The van der Waals surface area contributed by atoms with Crippen molar-refractivity contribution in [3.63, 3.8) is 0 Å². The summed E-state index contributed by atoms with van der Waals surface area (Å²) >= 11 is 5.26. The number of rotatable bonds is 6. The number of hydrogen-bond donors (Lipinski definition) is 2. The fourth-order valence-corrected chi connectivity index (χ4v) is 4.13. The molecule has 0 spiro atoms. The van der Waals surface area contributed by atoms with E-state index in [9.17, 15) is 9.59 Å². The van der Waals surface area contributed by atoms with Crippen molar-refractivity contribution in [2.75, 3.05) is 33.9 Å². The molecule has 1 aromatic rings. The summed E-state index contributed by atoms with van der Waals surface area (Å²) in [6.45, 7) is 3.29. The first kappa shape index (κ1) is 22.9. The average molecular weight is 448 g/mol. The Morgan fingerprint density at radius 2 is 1.84 bits per heavy atom. The lowest BCUT2D eigenvalue weighted by atomic mass is 9.95. The van der Waals surface area contributed by atoms with Gasteiger partial charge in [-0.1, -0.05) is 18.9 Å². The van der Waals surface area contributed by atoms with Gasteiger partial charge in [0.25, 0.3) is 5.91 Å². The number of carbonyl (C=O) groups is 2. The van der Waals surface area contributed by atoms with Gasteiger partial charge in [0.1, 0.15) is 0 Å². The maximum Gasteiger partial charge on any atom is 0.337 e. The Bertz CT molecular complexity index is 878. The standard InChI is InChI=1S/C22H29N3O5S/c1-14-19(21(27)29-3)20(24-22(31)23-14)15-8-9-16(17(12-15)28-2)30-13-18(26)25-10-6-4-5-7-11-25/h8-9,12,20H,4-7,10-11,13H2,1-3H3,(H2,23,24,31). The quantitative estimate of drug-likeness (QED) is 0.508. The molecule has 1 aromatic carbocycles. The summed E-state index contributed by atoms with van der Waals surface area (Å²) in [5, 5.41) is 6.47. The number of esters is 1. The number of nitrogens with one attached hydrogen (secondary N) is 2. The van der Waals surface area contributed by atoms with E-state index in [4.69, 9.17) is 26.4 Å². The minimum atomic E-state index is -0.497. The van der Waals surface area contributed by atoms with Crippen LogP contribution in [-0.2, 0) is 14.3 Å². The first-order valence-corrected chi connectivity index (χ1v) is 10.8. The minimum absolute atomic E-state index is 0.0232. The highest BCUT2D eigenvalue weighted by Crippen LogP contribution is 2.34. The van der Waals surface area contributed by atoms with Gasteiger partial charge in [-0.3, -0.25) is 4.79 Å². The number of allylic oxidation sites excluding steroid dienone is 1. The SMILES string of the molecule is COC(=O)C1=C(C)NC(=S)NC1c1ccc(OCC(=O)N2CCCCCC2)c(OC)c1. The van der Waals surface area contributed by atoms with Crippen LogP contribution in [0.1, 0.15) is 44.2 Å². The van der Waals surface area contributed by atoms with Crippen LogP contribution < -0.4 is 20.1 Å². The monoisotopic (exact) mass is 447 g/mol. The number of hydrogen-bond acceptors (Lipinski definition) is 6. The zero-order valence-corrected chi connectivity index (χ0v) is 19.0. The van der Waals surface area contributed by atoms with Crippen LogP contribution in [0.15, 0.2) is 29.5 Å². The largest absolute Gasteiger partial charge is 0.493 e. The third-order valence-corrected chi connectivity index (χ3v) is 5.73. The molecule has 1 saturated heterocycles. The Hall–Kier alpha value is -2.81. The van der Waals surface area contributed by atoms with Gasteiger partial charge < -0.3 is 29.7 Å². The second kappa shape index (κ2) is 10.5. The molecule has 2 heterocycles. The molecule has 2 aliphatic rings.